The van der Waals surface area contributed by atoms with Crippen molar-refractivity contribution in [2.45, 2.75) is 0 Å². The van der Waals surface area contributed by atoms with Gasteiger partial charge in [-0.3, -0.25) is 0 Å². The Labute approximate surface area is 165 Å². The molecule has 0 saturated carbocycles. The first-order valence-electron chi connectivity index (χ1n) is 9.04. The summed E-state index contributed by atoms with van der Waals surface area (Å²) in [6.45, 7) is 0. The van der Waals surface area contributed by atoms with Crippen molar-refractivity contribution in [1.82, 2.24) is 9.97 Å². The number of furan rings is 1. The van der Waals surface area contributed by atoms with Gasteiger partial charge in [-0.05, 0) is 52.7 Å². The van der Waals surface area contributed by atoms with Gasteiger partial charge in [-0.1, -0.05) is 48.5 Å². The number of hydrogen-bond donors (Lipinski definition) is 0. The minimum Gasteiger partial charge on any atom is -0.456 e. The molecule has 0 saturated heterocycles. The fourth-order valence-corrected chi connectivity index (χ4v) is 4.06. The van der Waals surface area contributed by atoms with Gasteiger partial charge in [0.25, 0.3) is 0 Å². The Hall–Kier alpha value is -3.43. The summed E-state index contributed by atoms with van der Waals surface area (Å²) in [5, 5.41) is 5.69. The summed E-state index contributed by atoms with van der Waals surface area (Å²) in [5.74, 6) is 0. The fraction of sp³-hybridized carbons (Fsp3) is 0. The lowest BCUT2D eigenvalue weighted by atomic mass is 10.0. The summed E-state index contributed by atoms with van der Waals surface area (Å²) in [6.07, 6.45) is 0. The largest absolute Gasteiger partial charge is 0.456 e. The molecule has 0 fully saturated rings. The van der Waals surface area contributed by atoms with Gasteiger partial charge in [0, 0.05) is 21.7 Å². The molecule has 0 bridgehead atoms. The second-order valence-corrected chi connectivity index (χ2v) is 7.20. The maximum atomic E-state index is 6.26. The highest BCUT2D eigenvalue weighted by atomic mass is 35.5. The number of aromatic nitrogens is 2. The number of hydrogen-bond acceptors (Lipinski definition) is 3. The Morgan fingerprint density at radius 1 is 0.643 bits per heavy atom. The van der Waals surface area contributed by atoms with Crippen molar-refractivity contribution >= 4 is 55.2 Å². The average molecular weight is 381 g/mol. The van der Waals surface area contributed by atoms with Crippen LogP contribution in [0.15, 0.2) is 83.3 Å². The van der Waals surface area contributed by atoms with Crippen molar-refractivity contribution < 1.29 is 4.42 Å². The van der Waals surface area contributed by atoms with Crippen LogP contribution in [0.4, 0.5) is 0 Å². The van der Waals surface area contributed by atoms with Crippen molar-refractivity contribution in [3.8, 4) is 11.3 Å². The summed E-state index contributed by atoms with van der Waals surface area (Å²) in [6, 6.07) is 26.6. The molecule has 0 aliphatic heterocycles. The van der Waals surface area contributed by atoms with Crippen LogP contribution in [0.1, 0.15) is 0 Å². The molecule has 0 N–H and O–H groups in total. The number of halogens is 1. The summed E-state index contributed by atoms with van der Waals surface area (Å²) >= 11 is 6.26. The minimum atomic E-state index is 0.238. The van der Waals surface area contributed by atoms with Crippen LogP contribution in [-0.4, -0.2) is 9.97 Å². The molecule has 4 heteroatoms. The molecule has 132 valence electrons. The fourth-order valence-electron chi connectivity index (χ4n) is 3.88. The predicted octanol–water partition coefficient (Wildman–Crippen LogP) is 7.00. The molecular formula is C24H13ClN2O. The van der Waals surface area contributed by atoms with E-state index in [1.807, 2.05) is 36.4 Å². The van der Waals surface area contributed by atoms with Crippen molar-refractivity contribution in [2.24, 2.45) is 0 Å². The maximum Gasteiger partial charge on any atom is 0.223 e. The van der Waals surface area contributed by atoms with Gasteiger partial charge in [-0.15, -0.1) is 0 Å². The van der Waals surface area contributed by atoms with E-state index in [1.165, 1.54) is 0 Å². The highest BCUT2D eigenvalue weighted by Crippen LogP contribution is 2.35. The number of fused-ring (bicyclic) bond motifs is 5. The molecule has 6 aromatic rings. The number of rotatable bonds is 1. The van der Waals surface area contributed by atoms with E-state index in [0.29, 0.717) is 0 Å². The molecule has 0 aliphatic rings. The zero-order valence-corrected chi connectivity index (χ0v) is 15.4. The van der Waals surface area contributed by atoms with Gasteiger partial charge < -0.3 is 4.42 Å². The highest BCUT2D eigenvalue weighted by molar-refractivity contribution is 6.29. The van der Waals surface area contributed by atoms with E-state index in [0.717, 1.165) is 54.9 Å². The van der Waals surface area contributed by atoms with Crippen LogP contribution >= 0.6 is 11.6 Å². The third-order valence-electron chi connectivity index (χ3n) is 5.19. The lowest BCUT2D eigenvalue weighted by molar-refractivity contribution is 0.669. The highest BCUT2D eigenvalue weighted by Gasteiger charge is 2.13. The van der Waals surface area contributed by atoms with Crippen LogP contribution in [0, 0.1) is 0 Å². The summed E-state index contributed by atoms with van der Waals surface area (Å²) in [7, 11) is 0. The molecule has 28 heavy (non-hydrogen) atoms. The van der Waals surface area contributed by atoms with E-state index in [1.54, 1.807) is 0 Å². The summed E-state index contributed by atoms with van der Waals surface area (Å²) in [5.41, 5.74) is 4.31. The normalized spacial score (nSPS) is 11.8. The van der Waals surface area contributed by atoms with E-state index < -0.39 is 0 Å². The lowest BCUT2D eigenvalue weighted by Gasteiger charge is -2.08. The molecule has 0 amide bonds. The summed E-state index contributed by atoms with van der Waals surface area (Å²) < 4.78 is 6.05. The molecule has 2 heterocycles. The number of para-hydroxylation sites is 1. The molecule has 0 atom stereocenters. The average Bonchev–Trinajstić information content (AvgIpc) is 3.09. The first-order chi connectivity index (χ1) is 13.8. The van der Waals surface area contributed by atoms with Crippen LogP contribution in [0.25, 0.3) is 54.9 Å². The van der Waals surface area contributed by atoms with Crippen LogP contribution in [0.3, 0.4) is 0 Å². The first-order valence-corrected chi connectivity index (χ1v) is 9.42. The Kier molecular flexibility index (Phi) is 3.22. The van der Waals surface area contributed by atoms with Crippen LogP contribution < -0.4 is 0 Å². The van der Waals surface area contributed by atoms with E-state index in [4.69, 9.17) is 16.0 Å². The van der Waals surface area contributed by atoms with Crippen LogP contribution in [0.2, 0.25) is 5.28 Å². The van der Waals surface area contributed by atoms with Crippen molar-refractivity contribution in [1.29, 1.82) is 0 Å². The zero-order chi connectivity index (χ0) is 18.7. The van der Waals surface area contributed by atoms with E-state index >= 15 is 0 Å². The van der Waals surface area contributed by atoms with Gasteiger partial charge >= 0.3 is 0 Å². The minimum absolute atomic E-state index is 0.238. The van der Waals surface area contributed by atoms with E-state index in [9.17, 15) is 0 Å². The third-order valence-corrected chi connectivity index (χ3v) is 5.36. The van der Waals surface area contributed by atoms with Gasteiger partial charge in [0.2, 0.25) is 5.28 Å². The van der Waals surface area contributed by atoms with E-state index in [2.05, 4.69) is 52.4 Å². The lowest BCUT2D eigenvalue weighted by Crippen LogP contribution is -1.91. The van der Waals surface area contributed by atoms with Crippen molar-refractivity contribution in [3.63, 3.8) is 0 Å². The van der Waals surface area contributed by atoms with Crippen LogP contribution in [0.5, 0.6) is 0 Å². The summed E-state index contributed by atoms with van der Waals surface area (Å²) in [4.78, 5) is 8.99. The monoisotopic (exact) mass is 380 g/mol. The van der Waals surface area contributed by atoms with Crippen molar-refractivity contribution in [2.75, 3.05) is 0 Å². The molecule has 3 nitrogen and oxygen atoms in total. The Morgan fingerprint density at radius 2 is 1.39 bits per heavy atom. The Balaban J connectivity index is 1.66. The third kappa shape index (κ3) is 2.30. The maximum absolute atomic E-state index is 6.26. The van der Waals surface area contributed by atoms with Crippen LogP contribution in [-0.2, 0) is 0 Å². The molecule has 0 unspecified atom stereocenters. The predicted molar refractivity (Wildman–Crippen MR) is 115 cm³/mol. The topological polar surface area (TPSA) is 38.9 Å². The van der Waals surface area contributed by atoms with Gasteiger partial charge in [0.1, 0.15) is 11.2 Å². The zero-order valence-electron chi connectivity index (χ0n) is 14.7. The molecule has 0 spiro atoms. The molecular weight excluding hydrogens is 368 g/mol. The molecule has 4 aromatic carbocycles. The second-order valence-electron chi connectivity index (χ2n) is 6.87. The van der Waals surface area contributed by atoms with Gasteiger partial charge in [0.15, 0.2) is 0 Å². The smallest absolute Gasteiger partial charge is 0.223 e. The number of nitrogens with zero attached hydrogens (tertiary/aromatic N) is 2. The van der Waals surface area contributed by atoms with Gasteiger partial charge in [-0.25, -0.2) is 9.97 Å². The number of benzene rings is 4. The Bertz CT molecular complexity index is 1530. The standard InChI is InChI=1S/C24H13ClN2O/c25-24-26-20-12-15-6-2-1-5-14(15)11-19(20)23(27-24)16-9-10-18-17-7-3-4-8-21(17)28-22(18)13-16/h1-13H. The molecule has 2 aromatic heterocycles. The van der Waals surface area contributed by atoms with Gasteiger partial charge in [-0.2, -0.15) is 0 Å². The molecule has 0 radical (unpaired) electrons. The van der Waals surface area contributed by atoms with E-state index in [-0.39, 0.29) is 5.28 Å². The van der Waals surface area contributed by atoms with Gasteiger partial charge in [0.05, 0.1) is 11.2 Å². The quantitative estimate of drug-likeness (QED) is 0.227. The van der Waals surface area contributed by atoms with Crippen molar-refractivity contribution in [3.05, 3.63) is 84.1 Å². The second kappa shape index (κ2) is 5.78. The molecule has 0 aliphatic carbocycles. The SMILES string of the molecule is Clc1nc(-c2ccc3c(c2)oc2ccccc23)c2cc3ccccc3cc2n1. The first kappa shape index (κ1) is 15.6. The molecule has 6 rings (SSSR count). The Morgan fingerprint density at radius 3 is 2.29 bits per heavy atom.